The number of benzene rings is 3. The van der Waals surface area contributed by atoms with Gasteiger partial charge in [-0.1, -0.05) is 66.7 Å². The maximum Gasteiger partial charge on any atom is 0.281 e. The van der Waals surface area contributed by atoms with Gasteiger partial charge in [0.2, 0.25) is 47.7 Å². The first kappa shape index (κ1) is 74.4. The van der Waals surface area contributed by atoms with Gasteiger partial charge >= 0.3 is 0 Å². The van der Waals surface area contributed by atoms with Gasteiger partial charge in [0, 0.05) is 56.0 Å². The van der Waals surface area contributed by atoms with Gasteiger partial charge in [-0.3, -0.25) is 28.1 Å². The second-order valence-electron chi connectivity index (χ2n) is 20.4. The lowest BCUT2D eigenvalue weighted by Crippen LogP contribution is -2.29. The largest absolute Gasteiger partial charge is 0.493 e. The quantitative estimate of drug-likeness (QED) is 0.0206. The van der Waals surface area contributed by atoms with Crippen LogP contribution in [0.2, 0.25) is 0 Å². The number of aromatic hydroxyl groups is 3. The highest BCUT2D eigenvalue weighted by atomic mass is 32.2. The van der Waals surface area contributed by atoms with Crippen LogP contribution in [-0.4, -0.2) is 73.9 Å². The SMILES string of the molecule is CCCCC(CC)CNS(=O)(=O)c1ccc(N=Nc2c(C)c(C#N)c(O)n(CC)c2=O)cc1.CCCCNS(=O)(=O)c1ccc(N=Nc2c(C)c(C#N)c(O)n(CC)c2=O)cc1.CCCCn1c(O)c(C#N)c(C)c(N=Nc2ccc(S(=O)(=O)NCC)cc2)c1=O. The molecular weight excluding hydrogens is 1230 g/mol. The van der Waals surface area contributed by atoms with Crippen LogP contribution in [-0.2, 0) is 49.7 Å². The van der Waals surface area contributed by atoms with Crippen molar-refractivity contribution < 1.29 is 40.6 Å². The Bertz CT molecular complexity index is 4300. The van der Waals surface area contributed by atoms with Crippen molar-refractivity contribution in [2.24, 2.45) is 36.6 Å². The van der Waals surface area contributed by atoms with Crippen LogP contribution in [0.1, 0.15) is 133 Å². The van der Waals surface area contributed by atoms with Gasteiger partial charge in [-0.25, -0.2) is 39.4 Å². The summed E-state index contributed by atoms with van der Waals surface area (Å²) in [6.45, 7) is 19.3. The van der Waals surface area contributed by atoms with Crippen molar-refractivity contribution in [3.63, 3.8) is 0 Å². The molecule has 0 aliphatic heterocycles. The average Bonchev–Trinajstić information content (AvgIpc) is 1.63. The molecule has 3 aromatic carbocycles. The Morgan fingerprint density at radius 3 is 1.11 bits per heavy atom. The number of hydrogen-bond donors (Lipinski definition) is 6. The van der Waals surface area contributed by atoms with Crippen LogP contribution in [0.15, 0.2) is 133 Å². The van der Waals surface area contributed by atoms with Gasteiger partial charge in [0.1, 0.15) is 34.9 Å². The summed E-state index contributed by atoms with van der Waals surface area (Å²) in [5.74, 6) is -0.878. The lowest BCUT2D eigenvalue weighted by atomic mass is 10.00. The Morgan fingerprint density at radius 2 is 0.791 bits per heavy atom. The molecule has 6 rings (SSSR count). The lowest BCUT2D eigenvalue weighted by Gasteiger charge is -2.15. The van der Waals surface area contributed by atoms with Crippen LogP contribution in [0.3, 0.4) is 0 Å². The minimum absolute atomic E-state index is 0.0262. The minimum atomic E-state index is -3.65. The Morgan fingerprint density at radius 1 is 0.462 bits per heavy atom. The van der Waals surface area contributed by atoms with Crippen LogP contribution >= 0.6 is 0 Å². The maximum absolute atomic E-state index is 12.7. The van der Waals surface area contributed by atoms with Crippen LogP contribution in [0.25, 0.3) is 0 Å². The van der Waals surface area contributed by atoms with Crippen LogP contribution in [0.4, 0.5) is 34.1 Å². The third kappa shape index (κ3) is 19.2. The zero-order valence-corrected chi connectivity index (χ0v) is 55.0. The van der Waals surface area contributed by atoms with Gasteiger partial charge in [0.25, 0.3) is 16.7 Å². The smallest absolute Gasteiger partial charge is 0.281 e. The van der Waals surface area contributed by atoms with Gasteiger partial charge in [0.15, 0.2) is 17.1 Å². The fourth-order valence-electron chi connectivity index (χ4n) is 8.68. The van der Waals surface area contributed by atoms with E-state index < -0.39 is 58.5 Å². The van der Waals surface area contributed by atoms with Crippen LogP contribution in [0.5, 0.6) is 17.6 Å². The van der Waals surface area contributed by atoms with E-state index in [0.29, 0.717) is 42.5 Å². The zero-order valence-electron chi connectivity index (χ0n) is 52.5. The summed E-state index contributed by atoms with van der Waals surface area (Å²) in [4.78, 5) is 38.1. The fourth-order valence-corrected chi connectivity index (χ4v) is 11.9. The predicted molar refractivity (Wildman–Crippen MR) is 343 cm³/mol. The normalized spacial score (nSPS) is 12.0. The van der Waals surface area contributed by atoms with Crippen molar-refractivity contribution in [2.75, 3.05) is 19.6 Å². The number of sulfonamides is 3. The number of nitriles is 3. The minimum Gasteiger partial charge on any atom is -0.493 e. The van der Waals surface area contributed by atoms with E-state index in [1.165, 1.54) is 93.6 Å². The Labute approximate surface area is 530 Å². The zero-order chi connectivity index (χ0) is 67.8. The Kier molecular flexibility index (Phi) is 28.4. The first-order valence-corrected chi connectivity index (χ1v) is 33.8. The summed E-state index contributed by atoms with van der Waals surface area (Å²) in [5, 5.41) is 82.2. The molecule has 1 unspecified atom stereocenters. The van der Waals surface area contributed by atoms with E-state index in [4.69, 9.17) is 0 Å². The average molecular weight is 1310 g/mol. The molecule has 486 valence electrons. The molecule has 3 heterocycles. The molecular formula is C61H77N15O12S3. The third-order valence-corrected chi connectivity index (χ3v) is 18.7. The molecule has 0 bridgehead atoms. The Balaban J connectivity index is 0.000000292. The van der Waals surface area contributed by atoms with Crippen molar-refractivity contribution >= 4 is 64.2 Å². The molecule has 3 aromatic heterocycles. The molecule has 0 radical (unpaired) electrons. The first-order chi connectivity index (χ1) is 43.2. The van der Waals surface area contributed by atoms with Crippen molar-refractivity contribution in [1.82, 2.24) is 27.9 Å². The van der Waals surface area contributed by atoms with Crippen LogP contribution < -0.4 is 30.8 Å². The van der Waals surface area contributed by atoms with E-state index in [9.17, 15) is 70.7 Å². The predicted octanol–water partition coefficient (Wildman–Crippen LogP) is 11.2. The molecule has 91 heavy (non-hydrogen) atoms. The van der Waals surface area contributed by atoms with Gasteiger partial charge in [-0.05, 0) is 133 Å². The van der Waals surface area contributed by atoms with E-state index in [2.05, 4.69) is 58.7 Å². The number of aromatic nitrogens is 3. The van der Waals surface area contributed by atoms with Crippen molar-refractivity contribution in [2.45, 2.75) is 155 Å². The molecule has 1 atom stereocenters. The summed E-state index contributed by atoms with van der Waals surface area (Å²) < 4.78 is 84.4. The molecule has 0 spiro atoms. The lowest BCUT2D eigenvalue weighted by molar-refractivity contribution is 0.399. The molecule has 0 fully saturated rings. The molecule has 6 aromatic rings. The van der Waals surface area contributed by atoms with Crippen molar-refractivity contribution in [3.05, 3.63) is 137 Å². The van der Waals surface area contributed by atoms with Crippen molar-refractivity contribution in [3.8, 4) is 35.8 Å². The number of unbranched alkanes of at least 4 members (excludes halogenated alkanes) is 3. The maximum atomic E-state index is 12.7. The molecule has 0 aliphatic rings. The van der Waals surface area contributed by atoms with Gasteiger partial charge < -0.3 is 15.3 Å². The topological polar surface area (TPSA) is 411 Å². The van der Waals surface area contributed by atoms with E-state index >= 15 is 0 Å². The summed E-state index contributed by atoms with van der Waals surface area (Å²) >= 11 is 0. The summed E-state index contributed by atoms with van der Waals surface area (Å²) in [7, 11) is -10.8. The molecule has 0 amide bonds. The van der Waals surface area contributed by atoms with Crippen LogP contribution in [0, 0.1) is 60.7 Å². The monoisotopic (exact) mass is 1310 g/mol. The Hall–Kier alpha value is -9.09. The molecule has 0 aliphatic carbocycles. The first-order valence-electron chi connectivity index (χ1n) is 29.4. The summed E-state index contributed by atoms with van der Waals surface area (Å²) in [5.41, 5.74) is -0.218. The van der Waals surface area contributed by atoms with Gasteiger partial charge in [0.05, 0.1) is 31.7 Å². The highest BCUT2D eigenvalue weighted by Gasteiger charge is 2.23. The van der Waals surface area contributed by atoms with E-state index in [-0.39, 0.29) is 97.2 Å². The number of nitrogens with one attached hydrogen (secondary N) is 3. The number of pyridine rings is 3. The van der Waals surface area contributed by atoms with Gasteiger partial charge in [-0.2, -0.15) is 31.1 Å². The van der Waals surface area contributed by atoms with E-state index in [1.54, 1.807) is 20.8 Å². The third-order valence-electron chi connectivity index (χ3n) is 14.2. The number of rotatable bonds is 27. The standard InChI is InChI=1S/C23H31N5O4S.2C19H23N5O4S/c1-5-8-9-17(6-2)15-25-33(31,32)19-12-10-18(11-13-19)26-27-21-16(4)20(14-24)22(29)28(7-3)23(21)30;1-4-6-11-21-29(27,28)15-9-7-14(8-10-15)22-23-17-13(3)16(12-20)18(25)24(5-2)19(17)26;1-4-6-11-24-18(25)16(12-20)13(3)17(19(24)26)23-22-14-7-9-15(10-8-14)29(27,28)21-5-2/h10-13,17,25,29H,5-9,15H2,1-4H3;2*7-10,21,25H,4-6,11H2,1-3H3. The summed E-state index contributed by atoms with van der Waals surface area (Å²) in [6, 6.07) is 22.9. The molecule has 30 heteroatoms. The van der Waals surface area contributed by atoms with Crippen molar-refractivity contribution in [1.29, 1.82) is 15.8 Å². The number of nitrogens with zero attached hydrogens (tertiary/aromatic N) is 12. The highest BCUT2D eigenvalue weighted by Crippen LogP contribution is 2.31. The molecule has 6 N–H and O–H groups in total. The number of azo groups is 3. The van der Waals surface area contributed by atoms with Gasteiger partial charge in [-0.15, -0.1) is 15.3 Å². The molecule has 27 nitrogen and oxygen atoms in total. The second-order valence-corrected chi connectivity index (χ2v) is 25.7. The number of hydrogen-bond acceptors (Lipinski definition) is 21. The second kappa shape index (κ2) is 34.8. The summed E-state index contributed by atoms with van der Waals surface area (Å²) in [6.07, 6.45) is 7.13. The molecule has 0 saturated heterocycles. The highest BCUT2D eigenvalue weighted by molar-refractivity contribution is 7.90. The molecule has 0 saturated carbocycles. The fraction of sp³-hybridized carbons (Fsp3) is 0.410. The van der Waals surface area contributed by atoms with E-state index in [1.807, 2.05) is 32.1 Å². The van der Waals surface area contributed by atoms with E-state index in [0.717, 1.165) is 58.6 Å².